The van der Waals surface area contributed by atoms with Crippen molar-refractivity contribution in [1.29, 1.82) is 0 Å². The van der Waals surface area contributed by atoms with Crippen LogP contribution in [0.3, 0.4) is 0 Å². The number of rotatable bonds is 4. The molecule has 0 saturated carbocycles. The lowest BCUT2D eigenvalue weighted by Gasteiger charge is -2.27. The summed E-state index contributed by atoms with van der Waals surface area (Å²) in [5, 5.41) is 22.4. The quantitative estimate of drug-likeness (QED) is 0.451. The van der Waals surface area contributed by atoms with Crippen LogP contribution in [-0.4, -0.2) is 38.2 Å². The lowest BCUT2D eigenvalue weighted by molar-refractivity contribution is 0.0546. The summed E-state index contributed by atoms with van der Waals surface area (Å²) in [4.78, 5) is 22.4. The molecule has 80 valence electrons. The van der Waals surface area contributed by atoms with Crippen molar-refractivity contribution in [1.82, 2.24) is 14.8 Å². The number of hydrogen-bond donors (Lipinski definition) is 4. The molecule has 14 heavy (non-hydrogen) atoms. The van der Waals surface area contributed by atoms with Crippen LogP contribution in [0.15, 0.2) is 9.59 Å². The van der Waals surface area contributed by atoms with Crippen LogP contribution in [0.25, 0.3) is 0 Å². The molecule has 1 aromatic rings. The van der Waals surface area contributed by atoms with Crippen LogP contribution in [0.2, 0.25) is 0 Å². The molecule has 1 aromatic heterocycles. The second-order valence-electron chi connectivity index (χ2n) is 3.09. The fraction of sp³-hybridized carbons (Fsp3) is 0.714. The van der Waals surface area contributed by atoms with Crippen molar-refractivity contribution in [3.8, 4) is 0 Å². The van der Waals surface area contributed by atoms with Crippen molar-refractivity contribution in [3.05, 3.63) is 21.0 Å². The predicted molar refractivity (Wildman–Crippen MR) is 48.1 cm³/mol. The van der Waals surface area contributed by atoms with Gasteiger partial charge in [0.15, 0.2) is 0 Å². The van der Waals surface area contributed by atoms with Crippen molar-refractivity contribution in [2.75, 3.05) is 13.2 Å². The van der Waals surface area contributed by atoms with Crippen LogP contribution >= 0.6 is 0 Å². The van der Waals surface area contributed by atoms with Gasteiger partial charge in [-0.1, -0.05) is 6.92 Å². The van der Waals surface area contributed by atoms with E-state index in [1.165, 1.54) is 0 Å². The van der Waals surface area contributed by atoms with E-state index in [9.17, 15) is 9.59 Å². The zero-order valence-electron chi connectivity index (χ0n) is 7.78. The molecule has 7 nitrogen and oxygen atoms in total. The summed E-state index contributed by atoms with van der Waals surface area (Å²) in [5.41, 5.74) is -2.56. The first-order chi connectivity index (χ1) is 6.61. The topological polar surface area (TPSA) is 111 Å². The van der Waals surface area contributed by atoms with Gasteiger partial charge in [-0.2, -0.15) is 0 Å². The first-order valence-electron chi connectivity index (χ1n) is 4.23. The number of aromatic amines is 2. The molecule has 0 aliphatic heterocycles. The van der Waals surface area contributed by atoms with Crippen LogP contribution < -0.4 is 11.4 Å². The van der Waals surface area contributed by atoms with Gasteiger partial charge in [-0.05, 0) is 6.42 Å². The number of nitrogens with zero attached hydrogens (tertiary/aromatic N) is 1. The van der Waals surface area contributed by atoms with Gasteiger partial charge in [0.2, 0.25) is 0 Å². The predicted octanol–water partition coefficient (Wildman–Crippen LogP) is -2.05. The molecular weight excluding hydrogens is 190 g/mol. The Labute approximate surface area is 79.0 Å². The maximum absolute atomic E-state index is 11.2. The second kappa shape index (κ2) is 3.81. The van der Waals surface area contributed by atoms with Crippen LogP contribution in [-0.2, 0) is 5.54 Å². The number of H-pyrrole nitrogens is 2. The molecule has 0 spiro atoms. The lowest BCUT2D eigenvalue weighted by Crippen LogP contribution is -2.50. The van der Waals surface area contributed by atoms with Gasteiger partial charge >= 0.3 is 11.4 Å². The van der Waals surface area contributed by atoms with E-state index < -0.39 is 30.1 Å². The highest BCUT2D eigenvalue weighted by atomic mass is 16.3. The van der Waals surface area contributed by atoms with E-state index in [0.717, 1.165) is 4.57 Å². The molecule has 0 unspecified atom stereocenters. The zero-order chi connectivity index (χ0) is 10.8. The molecule has 0 atom stereocenters. The largest absolute Gasteiger partial charge is 0.394 e. The third kappa shape index (κ3) is 1.40. The second-order valence-corrected chi connectivity index (χ2v) is 3.09. The number of aliphatic hydroxyl groups is 2. The lowest BCUT2D eigenvalue weighted by atomic mass is 9.98. The normalized spacial score (nSPS) is 11.9. The minimum absolute atomic E-state index is 0.279. The van der Waals surface area contributed by atoms with Crippen LogP contribution in [0.1, 0.15) is 13.3 Å². The Kier molecular flexibility index (Phi) is 2.92. The molecule has 0 aliphatic carbocycles. The molecular formula is C7H13N3O4. The fourth-order valence-corrected chi connectivity index (χ4v) is 1.31. The standard InChI is InChI=1S/C7H13N3O4/c1-2-7(3-11,4-12)10-5(13)8-9-6(10)14/h11-12H,2-4H2,1H3,(H,8,13)(H,9,14). The highest BCUT2D eigenvalue weighted by molar-refractivity contribution is 4.87. The monoisotopic (exact) mass is 203 g/mol. The highest BCUT2D eigenvalue weighted by Crippen LogP contribution is 2.14. The molecule has 1 heterocycles. The summed E-state index contributed by atoms with van der Waals surface area (Å²) < 4.78 is 0.799. The number of nitrogens with one attached hydrogen (secondary N) is 2. The Morgan fingerprint density at radius 2 is 1.64 bits per heavy atom. The summed E-state index contributed by atoms with van der Waals surface area (Å²) in [7, 11) is 0. The van der Waals surface area contributed by atoms with Crippen molar-refractivity contribution in [3.63, 3.8) is 0 Å². The summed E-state index contributed by atoms with van der Waals surface area (Å²) in [6, 6.07) is 0. The number of aromatic nitrogens is 3. The average molecular weight is 203 g/mol. The number of hydrogen-bond acceptors (Lipinski definition) is 4. The Morgan fingerprint density at radius 1 is 1.21 bits per heavy atom. The molecule has 0 aromatic carbocycles. The van der Waals surface area contributed by atoms with E-state index in [-0.39, 0.29) is 6.42 Å². The molecule has 4 N–H and O–H groups in total. The Morgan fingerprint density at radius 3 is 1.93 bits per heavy atom. The van der Waals surface area contributed by atoms with Gasteiger partial charge in [0, 0.05) is 0 Å². The van der Waals surface area contributed by atoms with E-state index in [2.05, 4.69) is 10.2 Å². The van der Waals surface area contributed by atoms with E-state index in [1.807, 2.05) is 0 Å². The minimum atomic E-state index is -1.23. The Bertz CT molecular complexity index is 362. The first-order valence-corrected chi connectivity index (χ1v) is 4.23. The molecule has 0 fully saturated rings. The molecule has 0 amide bonds. The van der Waals surface area contributed by atoms with Crippen LogP contribution in [0.5, 0.6) is 0 Å². The maximum Gasteiger partial charge on any atom is 0.345 e. The van der Waals surface area contributed by atoms with E-state index >= 15 is 0 Å². The van der Waals surface area contributed by atoms with Crippen LogP contribution in [0, 0.1) is 0 Å². The summed E-state index contributed by atoms with van der Waals surface area (Å²) >= 11 is 0. The van der Waals surface area contributed by atoms with Gasteiger partial charge < -0.3 is 10.2 Å². The van der Waals surface area contributed by atoms with E-state index in [1.54, 1.807) is 6.92 Å². The number of aliphatic hydroxyl groups excluding tert-OH is 2. The third-order valence-corrected chi connectivity index (χ3v) is 2.40. The maximum atomic E-state index is 11.2. The molecule has 0 radical (unpaired) electrons. The summed E-state index contributed by atoms with van der Waals surface area (Å²) in [6.07, 6.45) is 0.279. The van der Waals surface area contributed by atoms with Gasteiger partial charge in [0.05, 0.1) is 18.8 Å². The van der Waals surface area contributed by atoms with Crippen molar-refractivity contribution in [2.24, 2.45) is 0 Å². The SMILES string of the molecule is CCC(CO)(CO)n1c(=O)[nH][nH]c1=O. The van der Waals surface area contributed by atoms with Gasteiger partial charge in [-0.15, -0.1) is 0 Å². The smallest absolute Gasteiger partial charge is 0.345 e. The molecule has 0 aliphatic rings. The van der Waals surface area contributed by atoms with E-state index in [0.29, 0.717) is 0 Å². The fourth-order valence-electron chi connectivity index (χ4n) is 1.31. The van der Waals surface area contributed by atoms with Crippen molar-refractivity contribution >= 4 is 0 Å². The average Bonchev–Trinajstić information content (AvgIpc) is 2.53. The Hall–Kier alpha value is -1.34. The molecule has 1 rings (SSSR count). The van der Waals surface area contributed by atoms with E-state index in [4.69, 9.17) is 10.2 Å². The van der Waals surface area contributed by atoms with Crippen LogP contribution in [0.4, 0.5) is 0 Å². The zero-order valence-corrected chi connectivity index (χ0v) is 7.78. The van der Waals surface area contributed by atoms with Crippen molar-refractivity contribution < 1.29 is 10.2 Å². The Balaban J connectivity index is 3.38. The first kappa shape index (κ1) is 10.7. The summed E-state index contributed by atoms with van der Waals surface area (Å²) in [6.45, 7) is 0.729. The van der Waals surface area contributed by atoms with Crippen molar-refractivity contribution in [2.45, 2.75) is 18.9 Å². The van der Waals surface area contributed by atoms with Gasteiger partial charge in [-0.25, -0.2) is 24.4 Å². The summed E-state index contributed by atoms with van der Waals surface area (Å²) in [5.74, 6) is 0. The minimum Gasteiger partial charge on any atom is -0.394 e. The molecule has 0 bridgehead atoms. The molecule has 0 saturated heterocycles. The third-order valence-electron chi connectivity index (χ3n) is 2.40. The van der Waals surface area contributed by atoms with Gasteiger partial charge in [0.25, 0.3) is 0 Å². The molecule has 7 heteroatoms. The van der Waals surface area contributed by atoms with Gasteiger partial charge in [-0.3, -0.25) is 0 Å². The van der Waals surface area contributed by atoms with Gasteiger partial charge in [0.1, 0.15) is 0 Å². The highest BCUT2D eigenvalue weighted by Gasteiger charge is 2.32.